The minimum absolute atomic E-state index is 0. The van der Waals surface area contributed by atoms with Crippen molar-refractivity contribution < 1.29 is 9.90 Å². The number of hydrogen-bond donors (Lipinski definition) is 3. The average molecular weight is 408 g/mol. The molecular weight excluding hydrogens is 382 g/mol. The molecule has 1 amide bonds. The summed E-state index contributed by atoms with van der Waals surface area (Å²) in [6, 6.07) is 0.0946. The summed E-state index contributed by atoms with van der Waals surface area (Å²) in [5, 5.41) is 21.1. The van der Waals surface area contributed by atoms with E-state index in [1.165, 1.54) is 4.52 Å². The number of carbonyl (C=O) groups is 1. The Bertz CT molecular complexity index is 988. The van der Waals surface area contributed by atoms with Crippen molar-refractivity contribution in [3.05, 3.63) is 33.8 Å². The number of carbonyl (C=O) groups excluding carboxylic acids is 1. The van der Waals surface area contributed by atoms with E-state index < -0.39 is 17.3 Å². The van der Waals surface area contributed by atoms with Gasteiger partial charge in [0.15, 0.2) is 5.56 Å². The van der Waals surface area contributed by atoms with Crippen LogP contribution in [0.4, 0.5) is 0 Å². The van der Waals surface area contributed by atoms with E-state index in [1.807, 2.05) is 13.8 Å². The summed E-state index contributed by atoms with van der Waals surface area (Å²) in [7, 11) is 0. The third-order valence-electron chi connectivity index (χ3n) is 4.94. The molecule has 0 radical (unpaired) electrons. The van der Waals surface area contributed by atoms with Crippen LogP contribution in [0.5, 0.6) is 5.88 Å². The maximum atomic E-state index is 13.2. The van der Waals surface area contributed by atoms with E-state index in [-0.39, 0.29) is 29.9 Å². The summed E-state index contributed by atoms with van der Waals surface area (Å²) in [4.78, 5) is 25.8. The number of halogens is 1. The topological polar surface area (TPSA) is 101 Å². The molecule has 152 valence electrons. The lowest BCUT2D eigenvalue weighted by Crippen LogP contribution is -2.36. The summed E-state index contributed by atoms with van der Waals surface area (Å²) in [6.07, 6.45) is 6.49. The predicted molar refractivity (Wildman–Crippen MR) is 109 cm³/mol. The first kappa shape index (κ1) is 20.4. The fourth-order valence-electron chi connectivity index (χ4n) is 3.48. The monoisotopic (exact) mass is 407 g/mol. The van der Waals surface area contributed by atoms with Crippen molar-refractivity contribution in [1.82, 2.24) is 24.8 Å². The molecule has 1 fully saturated rings. The van der Waals surface area contributed by atoms with Crippen molar-refractivity contribution >= 4 is 29.5 Å². The molecule has 4 rings (SSSR count). The van der Waals surface area contributed by atoms with Crippen LogP contribution in [0.1, 0.15) is 49.0 Å². The van der Waals surface area contributed by atoms with Gasteiger partial charge in [-0.3, -0.25) is 14.2 Å². The largest absolute Gasteiger partial charge is 0.492 e. The molecule has 0 saturated heterocycles. The second kappa shape index (κ2) is 7.97. The summed E-state index contributed by atoms with van der Waals surface area (Å²) in [6.45, 7) is 6.06. The Labute approximate surface area is 169 Å². The minimum Gasteiger partial charge on any atom is -0.492 e. The van der Waals surface area contributed by atoms with Gasteiger partial charge < -0.3 is 15.7 Å². The third kappa shape index (κ3) is 3.66. The van der Waals surface area contributed by atoms with Crippen LogP contribution in [0.25, 0.3) is 11.2 Å². The number of aromatic nitrogens is 3. The number of rotatable bonds is 5. The van der Waals surface area contributed by atoms with Crippen LogP contribution in [0, 0.1) is 5.92 Å². The number of hydrogen-bond acceptors (Lipinski definition) is 5. The summed E-state index contributed by atoms with van der Waals surface area (Å²) in [5.74, 6) is -0.740. The molecule has 9 heteroatoms. The zero-order chi connectivity index (χ0) is 19.1. The lowest BCUT2D eigenvalue weighted by molar-refractivity contribution is 0.0944. The Hall–Kier alpha value is -2.32. The lowest BCUT2D eigenvalue weighted by Gasteiger charge is -2.18. The molecule has 3 N–H and O–H groups in total. The van der Waals surface area contributed by atoms with Crippen LogP contribution in [0.2, 0.25) is 0 Å². The maximum absolute atomic E-state index is 13.2. The van der Waals surface area contributed by atoms with Gasteiger partial charge in [-0.2, -0.15) is 9.61 Å². The van der Waals surface area contributed by atoms with Gasteiger partial charge in [0.2, 0.25) is 5.88 Å². The fraction of sp³-hybridized carbons (Fsp3) is 0.526. The molecule has 0 aromatic carbocycles. The van der Waals surface area contributed by atoms with Gasteiger partial charge in [0.1, 0.15) is 5.65 Å². The van der Waals surface area contributed by atoms with E-state index in [0.29, 0.717) is 18.7 Å². The molecule has 2 aromatic rings. The zero-order valence-electron chi connectivity index (χ0n) is 16.1. The summed E-state index contributed by atoms with van der Waals surface area (Å²) in [5.41, 5.74) is 1.68. The van der Waals surface area contributed by atoms with Crippen LogP contribution in [0.15, 0.2) is 17.1 Å². The quantitative estimate of drug-likeness (QED) is 0.698. The van der Waals surface area contributed by atoms with Gasteiger partial charge in [0.05, 0.1) is 6.20 Å². The Kier molecular flexibility index (Phi) is 5.81. The molecule has 2 aromatic heterocycles. The molecule has 2 aliphatic rings. The highest BCUT2D eigenvalue weighted by Gasteiger charge is 2.30. The van der Waals surface area contributed by atoms with Crippen molar-refractivity contribution in [3.8, 4) is 5.88 Å². The molecule has 1 aliphatic heterocycles. The van der Waals surface area contributed by atoms with Gasteiger partial charge >= 0.3 is 0 Å². The zero-order valence-corrected chi connectivity index (χ0v) is 16.9. The molecule has 0 unspecified atom stereocenters. The van der Waals surface area contributed by atoms with Crippen molar-refractivity contribution in [2.45, 2.75) is 45.7 Å². The fourth-order valence-corrected chi connectivity index (χ4v) is 3.48. The van der Waals surface area contributed by atoms with Crippen molar-refractivity contribution in [2.24, 2.45) is 5.92 Å². The van der Waals surface area contributed by atoms with Gasteiger partial charge in [0.25, 0.3) is 11.5 Å². The summed E-state index contributed by atoms with van der Waals surface area (Å²) >= 11 is 0. The second-order valence-electron chi connectivity index (χ2n) is 7.74. The van der Waals surface area contributed by atoms with Gasteiger partial charge in [0, 0.05) is 24.7 Å². The molecule has 1 aliphatic carbocycles. The van der Waals surface area contributed by atoms with E-state index in [0.717, 1.165) is 36.9 Å². The molecule has 3 heterocycles. The van der Waals surface area contributed by atoms with E-state index in [1.54, 1.807) is 10.8 Å². The van der Waals surface area contributed by atoms with Gasteiger partial charge in [-0.25, -0.2) is 0 Å². The predicted octanol–water partition coefficient (Wildman–Crippen LogP) is 1.55. The molecule has 0 spiro atoms. The Morgan fingerprint density at radius 1 is 1.43 bits per heavy atom. The molecule has 28 heavy (non-hydrogen) atoms. The van der Waals surface area contributed by atoms with Gasteiger partial charge in [-0.1, -0.05) is 19.9 Å². The second-order valence-corrected chi connectivity index (χ2v) is 7.74. The first-order chi connectivity index (χ1) is 13.0. The summed E-state index contributed by atoms with van der Waals surface area (Å²) < 4.78 is 2.89. The van der Waals surface area contributed by atoms with E-state index in [4.69, 9.17) is 0 Å². The highest BCUT2D eigenvalue weighted by molar-refractivity contribution is 5.97. The molecule has 0 bridgehead atoms. The normalized spacial score (nSPS) is 16.8. The van der Waals surface area contributed by atoms with E-state index in [9.17, 15) is 14.7 Å². The third-order valence-corrected chi connectivity index (χ3v) is 4.94. The number of nitrogens with zero attached hydrogens (tertiary/aromatic N) is 3. The standard InChI is InChI=1S/C19H25N5O3.ClH/c1-11(2)10-23-17-14(12-4-3-7-20-8-12)9-21-24(17)19(27)15(18(23)26)16(25)22-13-5-6-13;/h4,9,11,13,20,27H,3,5-8,10H2,1-2H3,(H,22,25);1H. The highest BCUT2D eigenvalue weighted by atomic mass is 35.5. The first-order valence-corrected chi connectivity index (χ1v) is 9.52. The van der Waals surface area contributed by atoms with Gasteiger partial charge in [-0.05, 0) is 37.3 Å². The average Bonchev–Trinajstić information content (AvgIpc) is 3.33. The van der Waals surface area contributed by atoms with E-state index >= 15 is 0 Å². The smallest absolute Gasteiger partial charge is 0.270 e. The Morgan fingerprint density at radius 3 is 2.79 bits per heavy atom. The number of nitrogens with one attached hydrogen (secondary N) is 2. The van der Waals surface area contributed by atoms with Crippen LogP contribution in [-0.2, 0) is 6.54 Å². The molecule has 8 nitrogen and oxygen atoms in total. The Balaban J connectivity index is 0.00000225. The SMILES string of the molecule is CC(C)Cn1c(=O)c(C(=O)NC2CC2)c(O)n2ncc(C3=CCCNC3)c12.Cl. The number of fused-ring (bicyclic) bond motifs is 1. The van der Waals surface area contributed by atoms with Crippen LogP contribution in [0.3, 0.4) is 0 Å². The highest BCUT2D eigenvalue weighted by Crippen LogP contribution is 2.26. The molecule has 0 atom stereocenters. The number of aromatic hydroxyl groups is 1. The van der Waals surface area contributed by atoms with Crippen LogP contribution in [-0.4, -0.2) is 44.3 Å². The Morgan fingerprint density at radius 2 is 2.18 bits per heavy atom. The van der Waals surface area contributed by atoms with Crippen molar-refractivity contribution in [1.29, 1.82) is 0 Å². The van der Waals surface area contributed by atoms with Gasteiger partial charge in [-0.15, -0.1) is 12.4 Å². The van der Waals surface area contributed by atoms with Crippen molar-refractivity contribution in [3.63, 3.8) is 0 Å². The number of amides is 1. The molecule has 1 saturated carbocycles. The van der Waals surface area contributed by atoms with Crippen LogP contribution < -0.4 is 16.2 Å². The first-order valence-electron chi connectivity index (χ1n) is 9.52. The minimum atomic E-state index is -0.532. The maximum Gasteiger partial charge on any atom is 0.270 e. The molecular formula is C19H26ClN5O3. The van der Waals surface area contributed by atoms with Crippen molar-refractivity contribution in [2.75, 3.05) is 13.1 Å². The van der Waals surface area contributed by atoms with Crippen LogP contribution >= 0.6 is 12.4 Å². The van der Waals surface area contributed by atoms with E-state index in [2.05, 4.69) is 21.8 Å². The lowest BCUT2D eigenvalue weighted by atomic mass is 10.0.